The summed E-state index contributed by atoms with van der Waals surface area (Å²) in [5.74, 6) is 2.24. The molecule has 3 aromatic carbocycles. The summed E-state index contributed by atoms with van der Waals surface area (Å²) in [4.78, 5) is 19.7. The van der Waals surface area contributed by atoms with Gasteiger partial charge in [0.1, 0.15) is 18.0 Å². The molecule has 0 unspecified atom stereocenters. The van der Waals surface area contributed by atoms with Crippen molar-refractivity contribution in [3.05, 3.63) is 82.9 Å². The van der Waals surface area contributed by atoms with E-state index in [-0.39, 0.29) is 5.69 Å². The van der Waals surface area contributed by atoms with Crippen molar-refractivity contribution in [2.24, 2.45) is 0 Å². The van der Waals surface area contributed by atoms with Crippen LogP contribution in [0.2, 0.25) is 0 Å². The molecule has 0 atom stereocenters. The zero-order valence-corrected chi connectivity index (χ0v) is 25.8. The molecule has 45 heavy (non-hydrogen) atoms. The molecule has 5 N–H and O–H groups in total. The van der Waals surface area contributed by atoms with Crippen LogP contribution in [0.1, 0.15) is 5.56 Å². The smallest absolute Gasteiger partial charge is 0.349 e. The fraction of sp³-hybridized carbons (Fsp3) is 0.412. The zero-order valence-electron chi connectivity index (χ0n) is 25.8. The normalized spacial score (nSPS) is 16.0. The Balaban J connectivity index is 1.00. The van der Waals surface area contributed by atoms with E-state index in [0.717, 1.165) is 71.9 Å². The summed E-state index contributed by atoms with van der Waals surface area (Å²) in [5, 5.41) is 19.7. The first-order valence-corrected chi connectivity index (χ1v) is 16.1. The van der Waals surface area contributed by atoms with Gasteiger partial charge in [0.2, 0.25) is 0 Å². The summed E-state index contributed by atoms with van der Waals surface area (Å²) in [7, 11) is 0. The average molecular weight is 613 g/mol. The Kier molecular flexibility index (Phi) is 10.9. The lowest BCUT2D eigenvalue weighted by Crippen LogP contribution is -2.43. The Bertz CT molecular complexity index is 1590. The molecule has 11 nitrogen and oxygen atoms in total. The topological polar surface area (TPSA) is 117 Å². The number of rotatable bonds is 10. The number of ether oxygens (including phenoxy) is 2. The van der Waals surface area contributed by atoms with Crippen LogP contribution in [0.25, 0.3) is 10.8 Å². The summed E-state index contributed by atoms with van der Waals surface area (Å²) < 4.78 is 14.0. The van der Waals surface area contributed by atoms with Gasteiger partial charge in [-0.25, -0.2) is 4.79 Å². The number of hydrogen-bond acceptors (Lipinski definition) is 10. The van der Waals surface area contributed by atoms with Crippen molar-refractivity contribution in [1.82, 2.24) is 35.7 Å². The van der Waals surface area contributed by atoms with Gasteiger partial charge < -0.3 is 36.1 Å². The van der Waals surface area contributed by atoms with Crippen molar-refractivity contribution in [1.29, 1.82) is 0 Å². The second-order valence-corrected chi connectivity index (χ2v) is 11.4. The van der Waals surface area contributed by atoms with E-state index in [2.05, 4.69) is 78.9 Å². The molecular weight excluding hydrogens is 568 g/mol. The molecule has 3 heterocycles. The lowest BCUT2D eigenvalue weighted by molar-refractivity contribution is 0.258. The largest absolute Gasteiger partial charge is 0.490 e. The van der Waals surface area contributed by atoms with Gasteiger partial charge >= 0.3 is 5.69 Å². The van der Waals surface area contributed by atoms with Gasteiger partial charge in [0.15, 0.2) is 17.3 Å². The van der Waals surface area contributed by atoms with Crippen molar-refractivity contribution in [3.8, 4) is 17.2 Å². The van der Waals surface area contributed by atoms with Gasteiger partial charge in [-0.05, 0) is 41.4 Å². The van der Waals surface area contributed by atoms with Gasteiger partial charge in [-0.3, -0.25) is 9.47 Å². The van der Waals surface area contributed by atoms with E-state index in [4.69, 9.17) is 9.47 Å². The minimum atomic E-state index is -0.307. The number of benzene rings is 3. The average Bonchev–Trinajstić information content (AvgIpc) is 3.05. The molecule has 0 spiro atoms. The van der Waals surface area contributed by atoms with E-state index in [0.29, 0.717) is 48.5 Å². The Morgan fingerprint density at radius 3 is 2.42 bits per heavy atom. The molecule has 0 amide bonds. The number of fused-ring (bicyclic) bond motifs is 3. The van der Waals surface area contributed by atoms with Crippen LogP contribution in [0, 0.1) is 0 Å². The van der Waals surface area contributed by atoms with Crippen LogP contribution in [-0.4, -0.2) is 93.1 Å². The van der Waals surface area contributed by atoms with E-state index < -0.39 is 0 Å². The maximum absolute atomic E-state index is 13.0. The van der Waals surface area contributed by atoms with Crippen LogP contribution in [0.4, 0.5) is 11.5 Å². The number of aromatic nitrogens is 2. The highest BCUT2D eigenvalue weighted by Crippen LogP contribution is 2.44. The van der Waals surface area contributed by atoms with Gasteiger partial charge in [0.25, 0.3) is 0 Å². The van der Waals surface area contributed by atoms with Crippen LogP contribution in [0.5, 0.6) is 17.2 Å². The van der Waals surface area contributed by atoms with E-state index >= 15 is 0 Å². The summed E-state index contributed by atoms with van der Waals surface area (Å²) in [6.45, 7) is 10.8. The Labute approximate surface area is 264 Å². The van der Waals surface area contributed by atoms with Gasteiger partial charge in [-0.15, -0.1) is 0 Å². The highest BCUT2D eigenvalue weighted by atomic mass is 16.5. The van der Waals surface area contributed by atoms with Gasteiger partial charge in [-0.2, -0.15) is 4.98 Å². The lowest BCUT2D eigenvalue weighted by Gasteiger charge is -2.25. The number of nitrogens with one attached hydrogen (secondary N) is 5. The second-order valence-electron chi connectivity index (χ2n) is 11.4. The summed E-state index contributed by atoms with van der Waals surface area (Å²) in [5.41, 5.74) is 1.71. The van der Waals surface area contributed by atoms with Gasteiger partial charge in [0.05, 0.1) is 6.20 Å². The van der Waals surface area contributed by atoms with E-state index in [1.54, 1.807) is 10.8 Å². The molecule has 4 aromatic rings. The predicted octanol–water partition coefficient (Wildman–Crippen LogP) is 2.54. The third-order valence-electron chi connectivity index (χ3n) is 8.22. The maximum Gasteiger partial charge on any atom is 0.349 e. The molecule has 1 saturated heterocycles. The van der Waals surface area contributed by atoms with Crippen LogP contribution in [-0.2, 0) is 13.0 Å². The van der Waals surface area contributed by atoms with Crippen molar-refractivity contribution >= 4 is 22.3 Å². The van der Waals surface area contributed by atoms with Crippen molar-refractivity contribution in [2.45, 2.75) is 13.0 Å². The monoisotopic (exact) mass is 612 g/mol. The summed E-state index contributed by atoms with van der Waals surface area (Å²) in [6.07, 6.45) is 2.70. The molecule has 238 valence electrons. The quantitative estimate of drug-likeness (QED) is 0.151. The van der Waals surface area contributed by atoms with Gasteiger partial charge in [-0.1, -0.05) is 48.5 Å². The Morgan fingerprint density at radius 1 is 0.822 bits per heavy atom. The summed E-state index contributed by atoms with van der Waals surface area (Å²) >= 11 is 0. The molecule has 0 bridgehead atoms. The minimum Gasteiger partial charge on any atom is -0.490 e. The van der Waals surface area contributed by atoms with Crippen LogP contribution in [0.15, 0.2) is 71.7 Å². The first-order valence-electron chi connectivity index (χ1n) is 16.1. The molecule has 1 aromatic heterocycles. The molecule has 1 fully saturated rings. The third-order valence-corrected chi connectivity index (χ3v) is 8.22. The van der Waals surface area contributed by atoms with Crippen molar-refractivity contribution in [2.75, 3.05) is 83.9 Å². The van der Waals surface area contributed by atoms with E-state index in [1.165, 1.54) is 16.3 Å². The SMILES string of the molecule is O=c1nc2c(cn1CCN1CCNCCNCCNCC1)Oc1cccc(OCCNCCc3cccc4ccccc34)c1N2. The Morgan fingerprint density at radius 2 is 1.58 bits per heavy atom. The standard InChI is InChI=1S/C34H44N8O3/c43-34-40-33-31(25-42(34)23-22-41-20-17-37-15-13-36-14-16-38-18-21-41)45-30-10-4-9-29(32(30)39-33)44-24-19-35-12-11-27-7-3-6-26-5-1-2-8-28(26)27/h1-10,25,35-38H,11-24H2,(H,39,40,43). The lowest BCUT2D eigenvalue weighted by atomic mass is 10.0. The molecule has 0 aliphatic carbocycles. The van der Waals surface area contributed by atoms with Crippen molar-refractivity contribution in [3.63, 3.8) is 0 Å². The van der Waals surface area contributed by atoms with Crippen LogP contribution < -0.4 is 41.7 Å². The maximum atomic E-state index is 13.0. The molecule has 0 saturated carbocycles. The fourth-order valence-electron chi connectivity index (χ4n) is 5.75. The fourth-order valence-corrected chi connectivity index (χ4v) is 5.75. The second kappa shape index (κ2) is 15.8. The Hall–Kier alpha value is -4.00. The van der Waals surface area contributed by atoms with Crippen molar-refractivity contribution < 1.29 is 9.47 Å². The summed E-state index contributed by atoms with van der Waals surface area (Å²) in [6, 6.07) is 20.7. The van der Waals surface area contributed by atoms with Gasteiger partial charge in [0, 0.05) is 72.0 Å². The highest BCUT2D eigenvalue weighted by molar-refractivity contribution is 5.85. The molecular formula is C34H44N8O3. The first kappa shape index (κ1) is 31.0. The third kappa shape index (κ3) is 8.38. The molecule has 6 rings (SSSR count). The minimum absolute atomic E-state index is 0.307. The van der Waals surface area contributed by atoms with Crippen LogP contribution >= 0.6 is 0 Å². The first-order chi connectivity index (χ1) is 22.2. The molecule has 11 heteroatoms. The number of anilines is 2. The molecule has 2 aliphatic heterocycles. The van der Waals surface area contributed by atoms with E-state index in [9.17, 15) is 4.79 Å². The predicted molar refractivity (Wildman–Crippen MR) is 179 cm³/mol. The number of nitrogens with zero attached hydrogens (tertiary/aromatic N) is 3. The molecule has 2 aliphatic rings. The number of hydrogen-bond donors (Lipinski definition) is 5. The van der Waals surface area contributed by atoms with E-state index in [1.807, 2.05) is 18.2 Å². The molecule has 0 radical (unpaired) electrons. The van der Waals surface area contributed by atoms with Crippen LogP contribution in [0.3, 0.4) is 0 Å². The number of para-hydroxylation sites is 1. The highest BCUT2D eigenvalue weighted by Gasteiger charge is 2.23. The zero-order chi connectivity index (χ0) is 30.7.